The van der Waals surface area contributed by atoms with E-state index in [1.54, 1.807) is 0 Å². The van der Waals surface area contributed by atoms with Crippen molar-refractivity contribution in [1.82, 2.24) is 5.32 Å². The average Bonchev–Trinajstić information content (AvgIpc) is 1.99. The summed E-state index contributed by atoms with van der Waals surface area (Å²) in [6.07, 6.45) is -0.725. The van der Waals surface area contributed by atoms with Crippen molar-refractivity contribution in [2.24, 2.45) is 0 Å². The molecule has 1 amide bonds. The number of hydrogen-bond acceptors (Lipinski definition) is 3. The van der Waals surface area contributed by atoms with Crippen LogP contribution in [0.15, 0.2) is 0 Å². The molecule has 0 aromatic heterocycles. The van der Waals surface area contributed by atoms with Crippen LogP contribution in [-0.4, -0.2) is 35.3 Å². The topological polar surface area (TPSA) is 66.4 Å². The summed E-state index contributed by atoms with van der Waals surface area (Å²) in [5.41, 5.74) is 0. The number of halogens is 1. The second-order valence-electron chi connectivity index (χ2n) is 1.64. The van der Waals surface area contributed by atoms with Crippen molar-refractivity contribution in [2.45, 2.75) is 6.10 Å². The molecule has 0 radical (unpaired) electrons. The van der Waals surface area contributed by atoms with E-state index < -0.39 is 6.10 Å². The monoisotopic (exact) mass is 209 g/mol. The summed E-state index contributed by atoms with van der Waals surface area (Å²) in [5, 5.41) is 11.1. The molecule has 0 aromatic carbocycles. The summed E-state index contributed by atoms with van der Waals surface area (Å²) < 4.78 is 0. The van der Waals surface area contributed by atoms with Gasteiger partial charge >= 0.3 is 0 Å². The molecule has 0 fully saturated rings. The van der Waals surface area contributed by atoms with E-state index in [2.05, 4.69) is 21.2 Å². The van der Waals surface area contributed by atoms with Gasteiger partial charge < -0.3 is 15.2 Å². The van der Waals surface area contributed by atoms with E-state index in [1.165, 1.54) is 0 Å². The van der Waals surface area contributed by atoms with Gasteiger partial charge in [-0.05, 0) is 0 Å². The van der Waals surface area contributed by atoms with Crippen LogP contribution in [0, 0.1) is 0 Å². The predicted molar refractivity (Wildman–Crippen MR) is 38.9 cm³/mol. The third kappa shape index (κ3) is 4.46. The van der Waals surface area contributed by atoms with Gasteiger partial charge in [-0.3, -0.25) is 4.79 Å². The first kappa shape index (κ1) is 9.58. The first-order chi connectivity index (χ1) is 4.70. The van der Waals surface area contributed by atoms with E-state index in [-0.39, 0.29) is 17.8 Å². The zero-order chi connectivity index (χ0) is 7.98. The summed E-state index contributed by atoms with van der Waals surface area (Å²) in [6, 6.07) is 0. The third-order valence-corrected chi connectivity index (χ3v) is 1.30. The van der Waals surface area contributed by atoms with E-state index >= 15 is 0 Å². The SMILES string of the molecule is O=C[C@H](O)CNC(=O)CBr. The number of carbonyl (C=O) groups is 2. The second-order valence-corrected chi connectivity index (χ2v) is 2.20. The van der Waals surface area contributed by atoms with E-state index in [9.17, 15) is 9.59 Å². The van der Waals surface area contributed by atoms with Crippen molar-refractivity contribution >= 4 is 28.1 Å². The zero-order valence-electron chi connectivity index (χ0n) is 5.21. The molecule has 0 heterocycles. The highest BCUT2D eigenvalue weighted by Crippen LogP contribution is 1.79. The Hall–Kier alpha value is -0.420. The molecule has 0 aliphatic rings. The Bertz CT molecular complexity index is 128. The van der Waals surface area contributed by atoms with Crippen LogP contribution in [0.2, 0.25) is 0 Å². The molecule has 58 valence electrons. The molecule has 1 atom stereocenters. The average molecular weight is 210 g/mol. The molecule has 0 spiro atoms. The highest BCUT2D eigenvalue weighted by Gasteiger charge is 2.02. The number of aliphatic hydroxyl groups excluding tert-OH is 1. The van der Waals surface area contributed by atoms with Crippen LogP contribution in [0.3, 0.4) is 0 Å². The standard InChI is InChI=1S/C5H8BrNO3/c6-1-5(10)7-2-4(9)3-8/h3-4,9H,1-2H2,(H,7,10)/t4-/m1/s1. The van der Waals surface area contributed by atoms with Gasteiger partial charge in [0, 0.05) is 0 Å². The Morgan fingerprint density at radius 2 is 2.40 bits per heavy atom. The Morgan fingerprint density at radius 3 is 2.80 bits per heavy atom. The number of aldehydes is 1. The molecule has 0 aliphatic heterocycles. The number of nitrogens with one attached hydrogen (secondary N) is 1. The smallest absolute Gasteiger partial charge is 0.230 e. The van der Waals surface area contributed by atoms with Crippen LogP contribution >= 0.6 is 15.9 Å². The van der Waals surface area contributed by atoms with Gasteiger partial charge in [-0.1, -0.05) is 15.9 Å². The van der Waals surface area contributed by atoms with Crippen LogP contribution < -0.4 is 5.32 Å². The van der Waals surface area contributed by atoms with Crippen molar-refractivity contribution in [3.63, 3.8) is 0 Å². The lowest BCUT2D eigenvalue weighted by molar-refractivity contribution is -0.119. The molecule has 5 heteroatoms. The lowest BCUT2D eigenvalue weighted by atomic mass is 10.4. The second kappa shape index (κ2) is 5.37. The number of aliphatic hydroxyl groups is 1. The predicted octanol–water partition coefficient (Wildman–Crippen LogP) is -0.943. The first-order valence-electron chi connectivity index (χ1n) is 2.66. The fourth-order valence-corrected chi connectivity index (χ4v) is 0.512. The van der Waals surface area contributed by atoms with Crippen molar-refractivity contribution in [1.29, 1.82) is 0 Å². The van der Waals surface area contributed by atoms with E-state index in [4.69, 9.17) is 5.11 Å². The number of alkyl halides is 1. The zero-order valence-corrected chi connectivity index (χ0v) is 6.80. The number of carbonyl (C=O) groups excluding carboxylic acids is 2. The Morgan fingerprint density at radius 1 is 1.80 bits per heavy atom. The summed E-state index contributed by atoms with van der Waals surface area (Å²) >= 11 is 2.90. The normalized spacial score (nSPS) is 12.2. The number of rotatable bonds is 4. The molecule has 0 bridgehead atoms. The van der Waals surface area contributed by atoms with Gasteiger partial charge in [-0.25, -0.2) is 0 Å². The van der Waals surface area contributed by atoms with Gasteiger partial charge in [0.15, 0.2) is 0 Å². The Kier molecular flexibility index (Phi) is 5.15. The molecule has 0 rings (SSSR count). The maximum Gasteiger partial charge on any atom is 0.230 e. The lowest BCUT2D eigenvalue weighted by Gasteiger charge is -2.02. The number of hydrogen-bond donors (Lipinski definition) is 2. The van der Waals surface area contributed by atoms with Gasteiger partial charge in [0.1, 0.15) is 12.4 Å². The molecule has 0 aliphatic carbocycles. The molecular formula is C5H8BrNO3. The van der Waals surface area contributed by atoms with Crippen LogP contribution in [0.5, 0.6) is 0 Å². The van der Waals surface area contributed by atoms with Gasteiger partial charge in [0.25, 0.3) is 0 Å². The molecule has 4 nitrogen and oxygen atoms in total. The largest absolute Gasteiger partial charge is 0.384 e. The minimum atomic E-state index is -1.09. The molecule has 0 unspecified atom stereocenters. The fourth-order valence-electron chi connectivity index (χ4n) is 0.314. The van der Waals surface area contributed by atoms with E-state index in [1.807, 2.05) is 0 Å². The molecule has 0 aromatic rings. The van der Waals surface area contributed by atoms with E-state index in [0.29, 0.717) is 6.29 Å². The summed E-state index contributed by atoms with van der Waals surface area (Å²) in [6.45, 7) is -0.0199. The van der Waals surface area contributed by atoms with Crippen molar-refractivity contribution in [3.05, 3.63) is 0 Å². The lowest BCUT2D eigenvalue weighted by Crippen LogP contribution is -2.33. The summed E-state index contributed by atoms with van der Waals surface area (Å²) in [4.78, 5) is 20.2. The van der Waals surface area contributed by atoms with E-state index in [0.717, 1.165) is 0 Å². The van der Waals surface area contributed by atoms with Gasteiger partial charge in [0.2, 0.25) is 5.91 Å². The molecule has 10 heavy (non-hydrogen) atoms. The third-order valence-electron chi connectivity index (χ3n) is 0.787. The minimum absolute atomic E-state index is 0.0199. The highest BCUT2D eigenvalue weighted by atomic mass is 79.9. The first-order valence-corrected chi connectivity index (χ1v) is 3.79. The quantitative estimate of drug-likeness (QED) is 0.464. The molecule has 0 saturated heterocycles. The summed E-state index contributed by atoms with van der Waals surface area (Å²) in [5.74, 6) is -0.249. The van der Waals surface area contributed by atoms with Gasteiger partial charge in [-0.2, -0.15) is 0 Å². The van der Waals surface area contributed by atoms with Crippen LogP contribution in [0.1, 0.15) is 0 Å². The molecular weight excluding hydrogens is 202 g/mol. The highest BCUT2D eigenvalue weighted by molar-refractivity contribution is 9.09. The van der Waals surface area contributed by atoms with Gasteiger partial charge in [0.05, 0.1) is 11.9 Å². The Labute approximate surface area is 66.7 Å². The summed E-state index contributed by atoms with van der Waals surface area (Å²) in [7, 11) is 0. The fraction of sp³-hybridized carbons (Fsp3) is 0.600. The maximum atomic E-state index is 10.4. The minimum Gasteiger partial charge on any atom is -0.384 e. The van der Waals surface area contributed by atoms with Crippen LogP contribution in [0.25, 0.3) is 0 Å². The van der Waals surface area contributed by atoms with Crippen LogP contribution in [-0.2, 0) is 9.59 Å². The van der Waals surface area contributed by atoms with Gasteiger partial charge in [-0.15, -0.1) is 0 Å². The maximum absolute atomic E-state index is 10.4. The van der Waals surface area contributed by atoms with Crippen molar-refractivity contribution in [2.75, 3.05) is 11.9 Å². The Balaban J connectivity index is 3.34. The number of amides is 1. The molecule has 0 saturated carbocycles. The van der Waals surface area contributed by atoms with Crippen molar-refractivity contribution < 1.29 is 14.7 Å². The van der Waals surface area contributed by atoms with Crippen LogP contribution in [0.4, 0.5) is 0 Å². The van der Waals surface area contributed by atoms with Crippen molar-refractivity contribution in [3.8, 4) is 0 Å². The molecule has 2 N–H and O–H groups in total.